The van der Waals surface area contributed by atoms with Crippen molar-refractivity contribution in [2.24, 2.45) is 5.73 Å². The minimum atomic E-state index is 0.221. The maximum atomic E-state index is 5.71. The van der Waals surface area contributed by atoms with Crippen molar-refractivity contribution >= 4 is 5.82 Å². The molecule has 2 rings (SSSR count). The summed E-state index contributed by atoms with van der Waals surface area (Å²) >= 11 is 0. The van der Waals surface area contributed by atoms with E-state index >= 15 is 0 Å². The van der Waals surface area contributed by atoms with Gasteiger partial charge in [-0.1, -0.05) is 0 Å². The van der Waals surface area contributed by atoms with Gasteiger partial charge in [-0.25, -0.2) is 0 Å². The Morgan fingerprint density at radius 1 is 1.37 bits per heavy atom. The van der Waals surface area contributed by atoms with Gasteiger partial charge in [0, 0.05) is 18.5 Å². The maximum absolute atomic E-state index is 5.71. The van der Waals surface area contributed by atoms with Crippen LogP contribution in [0.25, 0.3) is 0 Å². The first-order valence-corrected chi connectivity index (χ1v) is 7.17. The maximum Gasteiger partial charge on any atom is 0.148 e. The molecular formula is C14H25N5. The molecule has 3 N–H and O–H groups in total. The number of rotatable bonds is 5. The van der Waals surface area contributed by atoms with E-state index in [4.69, 9.17) is 5.73 Å². The van der Waals surface area contributed by atoms with Gasteiger partial charge in [0.25, 0.3) is 0 Å². The third kappa shape index (κ3) is 4.44. The Kier molecular flexibility index (Phi) is 5.10. The fourth-order valence-corrected chi connectivity index (χ4v) is 2.39. The summed E-state index contributed by atoms with van der Waals surface area (Å²) in [6.07, 6.45) is 3.31. The van der Waals surface area contributed by atoms with E-state index in [9.17, 15) is 0 Å². The Morgan fingerprint density at radius 2 is 2.11 bits per heavy atom. The molecule has 0 amide bonds. The zero-order valence-electron chi connectivity index (χ0n) is 12.0. The van der Waals surface area contributed by atoms with Crippen LogP contribution in [0.3, 0.4) is 0 Å². The lowest BCUT2D eigenvalue weighted by Crippen LogP contribution is -2.29. The molecule has 0 aromatic carbocycles. The van der Waals surface area contributed by atoms with Gasteiger partial charge in [-0.15, -0.1) is 5.10 Å². The second-order valence-corrected chi connectivity index (χ2v) is 5.61. The van der Waals surface area contributed by atoms with E-state index in [2.05, 4.69) is 33.5 Å². The van der Waals surface area contributed by atoms with Crippen molar-refractivity contribution < 1.29 is 0 Å². The number of nitrogens with two attached hydrogens (primary N) is 1. The average molecular weight is 263 g/mol. The molecule has 1 saturated heterocycles. The first-order chi connectivity index (χ1) is 9.15. The number of piperidine rings is 1. The predicted molar refractivity (Wildman–Crippen MR) is 78.3 cm³/mol. The molecule has 0 bridgehead atoms. The van der Waals surface area contributed by atoms with E-state index in [0.717, 1.165) is 37.6 Å². The summed E-state index contributed by atoms with van der Waals surface area (Å²) < 4.78 is 0. The predicted octanol–water partition coefficient (Wildman–Crippen LogP) is 1.43. The van der Waals surface area contributed by atoms with Gasteiger partial charge in [0.2, 0.25) is 0 Å². The highest BCUT2D eigenvalue weighted by molar-refractivity contribution is 5.33. The van der Waals surface area contributed by atoms with Crippen LogP contribution in [0, 0.1) is 0 Å². The summed E-state index contributed by atoms with van der Waals surface area (Å²) in [5, 5.41) is 11.9. The summed E-state index contributed by atoms with van der Waals surface area (Å²) in [5.74, 6) is 1.42. The van der Waals surface area contributed by atoms with Crippen LogP contribution in [0.5, 0.6) is 0 Å². The fourth-order valence-electron chi connectivity index (χ4n) is 2.39. The van der Waals surface area contributed by atoms with Gasteiger partial charge >= 0.3 is 0 Å². The lowest BCUT2D eigenvalue weighted by molar-refractivity contribution is 0.253. The third-order valence-corrected chi connectivity index (χ3v) is 3.73. The van der Waals surface area contributed by atoms with Crippen molar-refractivity contribution in [2.75, 3.05) is 32.0 Å². The van der Waals surface area contributed by atoms with Crippen molar-refractivity contribution in [1.82, 2.24) is 15.1 Å². The summed E-state index contributed by atoms with van der Waals surface area (Å²) in [6, 6.07) is 4.36. The molecule has 0 saturated carbocycles. The zero-order valence-corrected chi connectivity index (χ0v) is 12.0. The zero-order chi connectivity index (χ0) is 13.7. The molecule has 1 aromatic rings. The van der Waals surface area contributed by atoms with E-state index in [1.165, 1.54) is 12.8 Å². The number of anilines is 1. The third-order valence-electron chi connectivity index (χ3n) is 3.73. The largest absolute Gasteiger partial charge is 0.369 e. The molecule has 106 valence electrons. The quantitative estimate of drug-likeness (QED) is 0.841. The molecule has 1 aliphatic heterocycles. The Labute approximate surface area is 115 Å². The van der Waals surface area contributed by atoms with Gasteiger partial charge in [-0.2, -0.15) is 5.10 Å². The molecule has 5 nitrogen and oxygen atoms in total. The number of likely N-dealkylation sites (tertiary alicyclic amines) is 1. The molecule has 0 spiro atoms. The number of nitrogens with zero attached hydrogens (tertiary/aromatic N) is 3. The molecule has 2 heterocycles. The van der Waals surface area contributed by atoms with Crippen LogP contribution < -0.4 is 11.1 Å². The van der Waals surface area contributed by atoms with E-state index in [1.54, 1.807) is 0 Å². The average Bonchev–Trinajstić information content (AvgIpc) is 2.40. The lowest BCUT2D eigenvalue weighted by Gasteiger charge is -2.28. The minimum absolute atomic E-state index is 0.221. The van der Waals surface area contributed by atoms with Crippen LogP contribution in [0.1, 0.15) is 37.8 Å². The number of nitrogens with one attached hydrogen (secondary N) is 1. The summed E-state index contributed by atoms with van der Waals surface area (Å²) in [5.41, 5.74) is 6.84. The fraction of sp³-hybridized carbons (Fsp3) is 0.714. The molecule has 0 aliphatic carbocycles. The molecule has 5 heteroatoms. The lowest BCUT2D eigenvalue weighted by atomic mass is 9.94. The van der Waals surface area contributed by atoms with Gasteiger partial charge in [0.05, 0.1) is 5.69 Å². The Hall–Kier alpha value is -1.20. The monoisotopic (exact) mass is 263 g/mol. The normalized spacial score (nSPS) is 19.3. The number of hydrogen-bond donors (Lipinski definition) is 2. The Balaban J connectivity index is 1.84. The molecule has 1 unspecified atom stereocenters. The standard InChI is InChI=1S/C14H25N5/c1-11(15)5-8-16-14-4-3-13(17-18-14)12-6-9-19(2)10-7-12/h3-4,11-12H,5-10,15H2,1-2H3,(H,16,18). The van der Waals surface area contributed by atoms with E-state index in [1.807, 2.05) is 13.0 Å². The van der Waals surface area contributed by atoms with E-state index in [0.29, 0.717) is 5.92 Å². The van der Waals surface area contributed by atoms with Crippen molar-refractivity contribution in [2.45, 2.75) is 38.1 Å². The SMILES string of the molecule is CC(N)CCNc1ccc(C2CCN(C)CC2)nn1. The van der Waals surface area contributed by atoms with E-state index in [-0.39, 0.29) is 6.04 Å². The highest BCUT2D eigenvalue weighted by Gasteiger charge is 2.19. The van der Waals surface area contributed by atoms with Crippen molar-refractivity contribution in [3.05, 3.63) is 17.8 Å². The van der Waals surface area contributed by atoms with Crippen LogP contribution in [-0.2, 0) is 0 Å². The Morgan fingerprint density at radius 3 is 2.68 bits per heavy atom. The molecule has 1 fully saturated rings. The molecular weight excluding hydrogens is 238 g/mol. The first-order valence-electron chi connectivity index (χ1n) is 7.17. The summed E-state index contributed by atoms with van der Waals surface area (Å²) in [7, 11) is 2.17. The van der Waals surface area contributed by atoms with Gasteiger partial charge < -0.3 is 16.0 Å². The van der Waals surface area contributed by atoms with Crippen LogP contribution in [-0.4, -0.2) is 47.8 Å². The Bertz CT molecular complexity index is 368. The van der Waals surface area contributed by atoms with Crippen LogP contribution in [0.15, 0.2) is 12.1 Å². The molecule has 1 atom stereocenters. The summed E-state index contributed by atoms with van der Waals surface area (Å²) in [6.45, 7) is 5.16. The van der Waals surface area contributed by atoms with Gasteiger partial charge in [0.15, 0.2) is 0 Å². The molecule has 0 radical (unpaired) electrons. The van der Waals surface area contributed by atoms with Crippen LogP contribution in [0.2, 0.25) is 0 Å². The second-order valence-electron chi connectivity index (χ2n) is 5.61. The number of hydrogen-bond acceptors (Lipinski definition) is 5. The smallest absolute Gasteiger partial charge is 0.148 e. The van der Waals surface area contributed by atoms with Crippen molar-refractivity contribution in [1.29, 1.82) is 0 Å². The van der Waals surface area contributed by atoms with Crippen molar-refractivity contribution in [3.63, 3.8) is 0 Å². The highest BCUT2D eigenvalue weighted by Crippen LogP contribution is 2.25. The van der Waals surface area contributed by atoms with E-state index < -0.39 is 0 Å². The highest BCUT2D eigenvalue weighted by atomic mass is 15.2. The minimum Gasteiger partial charge on any atom is -0.369 e. The molecule has 19 heavy (non-hydrogen) atoms. The first kappa shape index (κ1) is 14.2. The van der Waals surface area contributed by atoms with Gasteiger partial charge in [-0.3, -0.25) is 0 Å². The van der Waals surface area contributed by atoms with Crippen molar-refractivity contribution in [3.8, 4) is 0 Å². The van der Waals surface area contributed by atoms with Crippen LogP contribution in [0.4, 0.5) is 5.82 Å². The second kappa shape index (κ2) is 6.82. The van der Waals surface area contributed by atoms with Gasteiger partial charge in [-0.05, 0) is 58.5 Å². The molecule has 1 aromatic heterocycles. The molecule has 1 aliphatic rings. The van der Waals surface area contributed by atoms with Gasteiger partial charge in [0.1, 0.15) is 5.82 Å². The topological polar surface area (TPSA) is 67.1 Å². The summed E-state index contributed by atoms with van der Waals surface area (Å²) in [4.78, 5) is 2.37. The van der Waals surface area contributed by atoms with Crippen LogP contribution >= 0.6 is 0 Å². The number of aromatic nitrogens is 2.